The first-order valence-electron chi connectivity index (χ1n) is 8.44. The fourth-order valence-electron chi connectivity index (χ4n) is 3.00. The Labute approximate surface area is 157 Å². The van der Waals surface area contributed by atoms with E-state index in [9.17, 15) is 21.6 Å². The summed E-state index contributed by atoms with van der Waals surface area (Å²) >= 11 is 5.95. The molecule has 0 radical (unpaired) electrons. The highest BCUT2D eigenvalue weighted by atomic mass is 35.5. The quantitative estimate of drug-likeness (QED) is 0.785. The van der Waals surface area contributed by atoms with E-state index in [0.29, 0.717) is 19.0 Å². The van der Waals surface area contributed by atoms with Crippen LogP contribution in [-0.4, -0.2) is 31.9 Å². The molecule has 0 spiro atoms. The van der Waals surface area contributed by atoms with Crippen molar-refractivity contribution in [3.63, 3.8) is 0 Å². The fourth-order valence-corrected chi connectivity index (χ4v) is 5.54. The molecule has 1 aromatic rings. The predicted molar refractivity (Wildman–Crippen MR) is 96.0 cm³/mol. The molecule has 2 rings (SSSR count). The Morgan fingerprint density at radius 2 is 1.88 bits per heavy atom. The topological polar surface area (TPSA) is 58.2 Å². The van der Waals surface area contributed by atoms with Gasteiger partial charge in [0.2, 0.25) is 0 Å². The maximum atomic E-state index is 13.2. The van der Waals surface area contributed by atoms with Gasteiger partial charge >= 0.3 is 6.18 Å². The number of rotatable bonds is 4. The summed E-state index contributed by atoms with van der Waals surface area (Å²) in [5.74, 6) is 0. The zero-order valence-electron chi connectivity index (χ0n) is 15.0. The Hall–Kier alpha value is -0.830. The molecule has 0 saturated carbocycles. The maximum absolute atomic E-state index is 13.2. The largest absolute Gasteiger partial charge is 0.416 e. The Balaban J connectivity index is 2.45. The summed E-state index contributed by atoms with van der Waals surface area (Å²) in [6, 6.07) is 2.02. The van der Waals surface area contributed by atoms with Crippen molar-refractivity contribution in [2.45, 2.75) is 68.1 Å². The molecule has 1 aliphatic heterocycles. The normalized spacial score (nSPS) is 20.8. The van der Waals surface area contributed by atoms with E-state index in [1.54, 1.807) is 0 Å². The molecule has 4 nitrogen and oxygen atoms in total. The first-order chi connectivity index (χ1) is 11.8. The number of hydrogen-bond acceptors (Lipinski definition) is 4. The Kier molecular flexibility index (Phi) is 6.32. The van der Waals surface area contributed by atoms with E-state index in [4.69, 9.17) is 11.6 Å². The van der Waals surface area contributed by atoms with Crippen LogP contribution in [0.1, 0.15) is 45.6 Å². The molecule has 0 amide bonds. The molecule has 1 heterocycles. The Morgan fingerprint density at radius 1 is 1.23 bits per heavy atom. The molecule has 2 N–H and O–H groups in total. The lowest BCUT2D eigenvalue weighted by atomic mass is 10.0. The molecular formula is C17H24ClF3N2O2S. The van der Waals surface area contributed by atoms with Crippen LogP contribution in [0.3, 0.4) is 0 Å². The van der Waals surface area contributed by atoms with Crippen LogP contribution < -0.4 is 10.6 Å². The summed E-state index contributed by atoms with van der Waals surface area (Å²) in [6.45, 7) is 6.22. The number of hydrogen-bond donors (Lipinski definition) is 2. The summed E-state index contributed by atoms with van der Waals surface area (Å²) in [4.78, 5) is -0.290. The lowest BCUT2D eigenvalue weighted by Crippen LogP contribution is -2.58. The van der Waals surface area contributed by atoms with Gasteiger partial charge in [-0.15, -0.1) is 0 Å². The highest BCUT2D eigenvalue weighted by Gasteiger charge is 2.39. The molecule has 1 saturated heterocycles. The van der Waals surface area contributed by atoms with Crippen LogP contribution in [0, 0.1) is 0 Å². The van der Waals surface area contributed by atoms with E-state index in [1.165, 1.54) is 0 Å². The first-order valence-corrected chi connectivity index (χ1v) is 10.4. The van der Waals surface area contributed by atoms with Gasteiger partial charge < -0.3 is 5.32 Å². The highest BCUT2D eigenvalue weighted by molar-refractivity contribution is 7.92. The van der Waals surface area contributed by atoms with Crippen molar-refractivity contribution in [1.29, 1.82) is 0 Å². The molecule has 26 heavy (non-hydrogen) atoms. The zero-order chi connectivity index (χ0) is 19.8. The van der Waals surface area contributed by atoms with Crippen LogP contribution in [0.2, 0.25) is 5.02 Å². The van der Waals surface area contributed by atoms with E-state index in [-0.39, 0.29) is 10.9 Å². The standard InChI is InChI=1S/C17H24ClF3N2O2S/c1-16(2,3)23-15(13-6-4-5-9-22-13)26(24,25)14-8-7-11(10-12(14)18)17(19,20)21/h7-8,10,13,15,22-23H,4-6,9H2,1-3H3/t13?,15-/m0/s1. The van der Waals surface area contributed by atoms with E-state index < -0.39 is 37.5 Å². The summed E-state index contributed by atoms with van der Waals surface area (Å²) in [7, 11) is -4.00. The molecule has 1 fully saturated rings. The smallest absolute Gasteiger partial charge is 0.311 e. The van der Waals surface area contributed by atoms with Gasteiger partial charge in [-0.3, -0.25) is 5.32 Å². The van der Waals surface area contributed by atoms with E-state index >= 15 is 0 Å². The van der Waals surface area contributed by atoms with Gasteiger partial charge in [-0.05, 0) is 58.4 Å². The third-order valence-corrected chi connectivity index (χ3v) is 6.70. The fraction of sp³-hybridized carbons (Fsp3) is 0.647. The molecule has 0 bridgehead atoms. The molecule has 1 unspecified atom stereocenters. The van der Waals surface area contributed by atoms with Crippen molar-refractivity contribution >= 4 is 21.4 Å². The second-order valence-electron chi connectivity index (χ2n) is 7.56. The van der Waals surface area contributed by atoms with Crippen molar-refractivity contribution in [3.8, 4) is 0 Å². The predicted octanol–water partition coefficient (Wildman–Crippen LogP) is 3.99. The summed E-state index contributed by atoms with van der Waals surface area (Å²) in [5.41, 5.74) is -1.48. The van der Waals surface area contributed by atoms with E-state index in [2.05, 4.69) is 10.6 Å². The molecule has 0 aliphatic carbocycles. The van der Waals surface area contributed by atoms with Gasteiger partial charge in [0.1, 0.15) is 5.37 Å². The minimum absolute atomic E-state index is 0.290. The van der Waals surface area contributed by atoms with Crippen molar-refractivity contribution in [2.24, 2.45) is 0 Å². The molecule has 9 heteroatoms. The van der Waals surface area contributed by atoms with Gasteiger partial charge in [0.25, 0.3) is 0 Å². The Morgan fingerprint density at radius 3 is 2.35 bits per heavy atom. The SMILES string of the molecule is CC(C)(C)N[C@H](C1CCCCN1)S(=O)(=O)c1ccc(C(F)(F)F)cc1Cl. The number of piperidine rings is 1. The molecule has 1 aliphatic rings. The van der Waals surface area contributed by atoms with Gasteiger partial charge in [0.15, 0.2) is 9.84 Å². The van der Waals surface area contributed by atoms with E-state index in [0.717, 1.165) is 25.0 Å². The maximum Gasteiger partial charge on any atom is 0.416 e. The molecule has 148 valence electrons. The first kappa shape index (κ1) is 21.5. The average Bonchev–Trinajstić information content (AvgIpc) is 2.51. The Bertz CT molecular complexity index is 739. The van der Waals surface area contributed by atoms with Gasteiger partial charge in [-0.1, -0.05) is 18.0 Å². The lowest BCUT2D eigenvalue weighted by molar-refractivity contribution is -0.137. The second kappa shape index (κ2) is 7.66. The second-order valence-corrected chi connectivity index (χ2v) is 10.0. The van der Waals surface area contributed by atoms with Crippen molar-refractivity contribution in [3.05, 3.63) is 28.8 Å². The number of halogens is 4. The van der Waals surface area contributed by atoms with Gasteiger partial charge in [0, 0.05) is 11.6 Å². The van der Waals surface area contributed by atoms with Crippen LogP contribution in [-0.2, 0) is 16.0 Å². The van der Waals surface area contributed by atoms with Crippen molar-refractivity contribution in [2.75, 3.05) is 6.54 Å². The zero-order valence-corrected chi connectivity index (χ0v) is 16.5. The van der Waals surface area contributed by atoms with Gasteiger partial charge in [0.05, 0.1) is 15.5 Å². The minimum atomic E-state index is -4.58. The minimum Gasteiger partial charge on any atom is -0.311 e. The third kappa shape index (κ3) is 5.12. The molecule has 2 atom stereocenters. The summed E-state index contributed by atoms with van der Waals surface area (Å²) in [5, 5.41) is 4.90. The summed E-state index contributed by atoms with van der Waals surface area (Å²) in [6.07, 6.45) is -2.08. The van der Waals surface area contributed by atoms with Crippen LogP contribution >= 0.6 is 11.6 Å². The molecule has 0 aromatic heterocycles. The van der Waals surface area contributed by atoms with Crippen molar-refractivity contribution < 1.29 is 21.6 Å². The monoisotopic (exact) mass is 412 g/mol. The molecular weight excluding hydrogens is 389 g/mol. The lowest BCUT2D eigenvalue weighted by Gasteiger charge is -2.36. The van der Waals surface area contributed by atoms with Gasteiger partial charge in [-0.25, -0.2) is 8.42 Å². The number of alkyl halides is 3. The van der Waals surface area contributed by atoms with E-state index in [1.807, 2.05) is 20.8 Å². The summed E-state index contributed by atoms with van der Waals surface area (Å²) < 4.78 is 65.0. The van der Waals surface area contributed by atoms with Crippen LogP contribution in [0.25, 0.3) is 0 Å². The van der Waals surface area contributed by atoms with Gasteiger partial charge in [-0.2, -0.15) is 13.2 Å². The van der Waals surface area contributed by atoms with Crippen molar-refractivity contribution in [1.82, 2.24) is 10.6 Å². The molecule has 1 aromatic carbocycles. The number of nitrogens with one attached hydrogen (secondary N) is 2. The van der Waals surface area contributed by atoms with Crippen LogP contribution in [0.5, 0.6) is 0 Å². The number of benzene rings is 1. The highest BCUT2D eigenvalue weighted by Crippen LogP contribution is 2.35. The third-order valence-electron chi connectivity index (χ3n) is 4.19. The average molecular weight is 413 g/mol. The number of sulfone groups is 1. The van der Waals surface area contributed by atoms with Crippen LogP contribution in [0.4, 0.5) is 13.2 Å². The van der Waals surface area contributed by atoms with Crippen LogP contribution in [0.15, 0.2) is 23.1 Å².